The maximum absolute atomic E-state index is 11.0. The average molecular weight is 331 g/mol. The number of fused-ring (bicyclic) bond motifs is 1. The van der Waals surface area contributed by atoms with Crippen LogP contribution in [0.4, 0.5) is 5.82 Å². The minimum Gasteiger partial charge on any atom is -0.369 e. The summed E-state index contributed by atoms with van der Waals surface area (Å²) in [5.41, 5.74) is 3.88. The van der Waals surface area contributed by atoms with Crippen LogP contribution in [0.5, 0.6) is 0 Å². The standard InChI is InChI=1S/C15H17N5O2S/c1-10-2-3-14-13(6-10)12(11-8-18-19-9-11)7-15(20-14)17-4-5-23(16,21)22/h2-3,6-9H,4-5H2,1H3,(H,17,20)(H,18,19)(H2,16,21,22). The number of rotatable bonds is 5. The lowest BCUT2D eigenvalue weighted by Crippen LogP contribution is -2.22. The van der Waals surface area contributed by atoms with Gasteiger partial charge in [-0.25, -0.2) is 18.5 Å². The average Bonchev–Trinajstić information content (AvgIpc) is 2.99. The van der Waals surface area contributed by atoms with Crippen molar-refractivity contribution < 1.29 is 8.42 Å². The van der Waals surface area contributed by atoms with Gasteiger partial charge in [-0.05, 0) is 30.7 Å². The van der Waals surface area contributed by atoms with E-state index in [1.165, 1.54) is 0 Å². The summed E-state index contributed by atoms with van der Waals surface area (Å²) in [6, 6.07) is 7.89. The maximum Gasteiger partial charge on any atom is 0.210 e. The summed E-state index contributed by atoms with van der Waals surface area (Å²) in [5.74, 6) is 0.447. The van der Waals surface area contributed by atoms with Crippen LogP contribution in [0.15, 0.2) is 36.7 Å². The molecule has 0 saturated carbocycles. The molecule has 0 bridgehead atoms. The molecule has 0 saturated heterocycles. The Balaban J connectivity index is 2.02. The number of aryl methyl sites for hydroxylation is 1. The number of nitrogens with zero attached hydrogens (tertiary/aromatic N) is 2. The molecule has 0 aliphatic heterocycles. The first kappa shape index (κ1) is 15.4. The minimum absolute atomic E-state index is 0.151. The van der Waals surface area contributed by atoms with E-state index in [-0.39, 0.29) is 12.3 Å². The Bertz CT molecular complexity index is 936. The molecule has 0 unspecified atom stereocenters. The van der Waals surface area contributed by atoms with E-state index in [2.05, 4.69) is 26.6 Å². The van der Waals surface area contributed by atoms with Gasteiger partial charge in [-0.15, -0.1) is 0 Å². The number of nitrogens with two attached hydrogens (primary N) is 1. The zero-order valence-electron chi connectivity index (χ0n) is 12.6. The molecule has 0 spiro atoms. The van der Waals surface area contributed by atoms with Crippen LogP contribution in [0.2, 0.25) is 0 Å². The van der Waals surface area contributed by atoms with Crippen molar-refractivity contribution >= 4 is 26.7 Å². The first-order valence-corrected chi connectivity index (χ1v) is 8.79. The third kappa shape index (κ3) is 3.66. The number of pyridine rings is 1. The number of H-pyrrole nitrogens is 1. The molecule has 2 heterocycles. The fourth-order valence-electron chi connectivity index (χ4n) is 2.39. The highest BCUT2D eigenvalue weighted by atomic mass is 32.2. The van der Waals surface area contributed by atoms with E-state index in [0.29, 0.717) is 5.82 Å². The van der Waals surface area contributed by atoms with Crippen LogP contribution in [-0.2, 0) is 10.0 Å². The van der Waals surface area contributed by atoms with Crippen LogP contribution in [0.1, 0.15) is 5.56 Å². The van der Waals surface area contributed by atoms with Gasteiger partial charge in [0.15, 0.2) is 0 Å². The second-order valence-electron chi connectivity index (χ2n) is 5.36. The number of nitrogens with one attached hydrogen (secondary N) is 2. The SMILES string of the molecule is Cc1ccc2nc(NCCS(N)(=O)=O)cc(-c3cn[nH]c3)c2c1. The molecule has 0 aliphatic rings. The molecule has 2 aromatic heterocycles. The number of benzene rings is 1. The minimum atomic E-state index is -3.50. The monoisotopic (exact) mass is 331 g/mol. The van der Waals surface area contributed by atoms with Crippen LogP contribution >= 0.6 is 0 Å². The summed E-state index contributed by atoms with van der Waals surface area (Å²) in [7, 11) is -3.50. The summed E-state index contributed by atoms with van der Waals surface area (Å²) in [4.78, 5) is 4.53. The normalized spacial score (nSPS) is 11.7. The van der Waals surface area contributed by atoms with Crippen molar-refractivity contribution in [2.24, 2.45) is 5.14 Å². The third-order valence-electron chi connectivity index (χ3n) is 3.47. The van der Waals surface area contributed by atoms with E-state index in [1.54, 1.807) is 6.20 Å². The number of primary sulfonamides is 1. The Morgan fingerprint density at radius 1 is 1.30 bits per heavy atom. The Hall–Kier alpha value is -2.45. The van der Waals surface area contributed by atoms with Gasteiger partial charge in [-0.1, -0.05) is 11.6 Å². The van der Waals surface area contributed by atoms with Crippen molar-refractivity contribution in [3.8, 4) is 11.1 Å². The van der Waals surface area contributed by atoms with E-state index in [9.17, 15) is 8.42 Å². The van der Waals surface area contributed by atoms with Crippen molar-refractivity contribution in [2.75, 3.05) is 17.6 Å². The quantitative estimate of drug-likeness (QED) is 0.657. The lowest BCUT2D eigenvalue weighted by atomic mass is 10.0. The first-order valence-electron chi connectivity index (χ1n) is 7.07. The Morgan fingerprint density at radius 2 is 2.13 bits per heavy atom. The second-order valence-corrected chi connectivity index (χ2v) is 7.09. The van der Waals surface area contributed by atoms with Gasteiger partial charge in [0, 0.05) is 23.7 Å². The topological polar surface area (TPSA) is 114 Å². The van der Waals surface area contributed by atoms with Gasteiger partial charge in [0.25, 0.3) is 0 Å². The van der Waals surface area contributed by atoms with Crippen LogP contribution < -0.4 is 10.5 Å². The number of aromatic amines is 1. The first-order chi connectivity index (χ1) is 10.9. The molecular formula is C15H17N5O2S. The van der Waals surface area contributed by atoms with Crippen molar-refractivity contribution in [1.82, 2.24) is 15.2 Å². The number of aromatic nitrogens is 3. The highest BCUT2D eigenvalue weighted by Crippen LogP contribution is 2.30. The molecule has 3 aromatic rings. The number of sulfonamides is 1. The van der Waals surface area contributed by atoms with Gasteiger partial charge >= 0.3 is 0 Å². The van der Waals surface area contributed by atoms with Crippen LogP contribution in [0, 0.1) is 6.92 Å². The van der Waals surface area contributed by atoms with E-state index in [0.717, 1.165) is 27.6 Å². The Morgan fingerprint density at radius 3 is 2.83 bits per heavy atom. The molecule has 0 atom stereocenters. The second kappa shape index (κ2) is 5.98. The van der Waals surface area contributed by atoms with Crippen molar-refractivity contribution in [1.29, 1.82) is 0 Å². The van der Waals surface area contributed by atoms with Crippen molar-refractivity contribution in [3.63, 3.8) is 0 Å². The number of anilines is 1. The zero-order valence-corrected chi connectivity index (χ0v) is 13.4. The fourth-order valence-corrected chi connectivity index (χ4v) is 2.78. The highest BCUT2D eigenvalue weighted by Gasteiger charge is 2.10. The van der Waals surface area contributed by atoms with Crippen LogP contribution in [0.3, 0.4) is 0 Å². The van der Waals surface area contributed by atoms with E-state index >= 15 is 0 Å². The summed E-state index contributed by atoms with van der Waals surface area (Å²) in [5, 5.41) is 15.8. The zero-order chi connectivity index (χ0) is 16.4. The maximum atomic E-state index is 11.0. The molecular weight excluding hydrogens is 314 g/mol. The predicted octanol–water partition coefficient (Wildman–Crippen LogP) is 1.63. The lowest BCUT2D eigenvalue weighted by Gasteiger charge is -2.11. The van der Waals surface area contributed by atoms with Crippen molar-refractivity contribution in [3.05, 3.63) is 42.2 Å². The largest absolute Gasteiger partial charge is 0.369 e. The van der Waals surface area contributed by atoms with Gasteiger partial charge in [-0.2, -0.15) is 5.10 Å². The molecule has 23 heavy (non-hydrogen) atoms. The molecule has 3 rings (SSSR count). The molecule has 0 amide bonds. The lowest BCUT2D eigenvalue weighted by molar-refractivity contribution is 0.598. The van der Waals surface area contributed by atoms with Gasteiger partial charge in [-0.3, -0.25) is 5.10 Å². The summed E-state index contributed by atoms with van der Waals surface area (Å²) in [6.07, 6.45) is 3.55. The summed E-state index contributed by atoms with van der Waals surface area (Å²) >= 11 is 0. The number of hydrogen-bond donors (Lipinski definition) is 3. The number of hydrogen-bond acceptors (Lipinski definition) is 5. The van der Waals surface area contributed by atoms with E-state index in [4.69, 9.17) is 5.14 Å². The Kier molecular flexibility index (Phi) is 4.01. The van der Waals surface area contributed by atoms with Crippen LogP contribution in [-0.4, -0.2) is 35.9 Å². The van der Waals surface area contributed by atoms with Crippen molar-refractivity contribution in [2.45, 2.75) is 6.92 Å². The van der Waals surface area contributed by atoms with Gasteiger partial charge in [0.05, 0.1) is 17.5 Å². The van der Waals surface area contributed by atoms with E-state index in [1.807, 2.05) is 31.3 Å². The highest BCUT2D eigenvalue weighted by molar-refractivity contribution is 7.89. The van der Waals surface area contributed by atoms with Crippen LogP contribution in [0.25, 0.3) is 22.0 Å². The molecule has 0 fully saturated rings. The predicted molar refractivity (Wildman–Crippen MR) is 90.5 cm³/mol. The molecule has 4 N–H and O–H groups in total. The van der Waals surface area contributed by atoms with Gasteiger partial charge in [0.1, 0.15) is 5.82 Å². The fraction of sp³-hybridized carbons (Fsp3) is 0.200. The molecule has 120 valence electrons. The third-order valence-corrected chi connectivity index (χ3v) is 4.24. The van der Waals surface area contributed by atoms with E-state index < -0.39 is 10.0 Å². The summed E-state index contributed by atoms with van der Waals surface area (Å²) < 4.78 is 22.1. The molecule has 0 aliphatic carbocycles. The summed E-state index contributed by atoms with van der Waals surface area (Å²) in [6.45, 7) is 2.23. The molecule has 7 nitrogen and oxygen atoms in total. The smallest absolute Gasteiger partial charge is 0.210 e. The Labute approximate surface area is 134 Å². The van der Waals surface area contributed by atoms with Gasteiger partial charge in [0.2, 0.25) is 10.0 Å². The molecule has 0 radical (unpaired) electrons. The molecule has 8 heteroatoms. The molecule has 1 aromatic carbocycles. The van der Waals surface area contributed by atoms with Gasteiger partial charge < -0.3 is 5.32 Å².